The standard InChI is InChI=1S/C13H21ClN2/c1-10-4-5-11(8-12(10)14)16-9-13(2,3)6-7-15/h4-5,8,16H,6-7,9,15H2,1-3H3. The van der Waals surface area contributed by atoms with Crippen LogP contribution in [0.1, 0.15) is 25.8 Å². The average Bonchev–Trinajstić information content (AvgIpc) is 2.20. The first-order valence-corrected chi connectivity index (χ1v) is 6.02. The Kier molecular flexibility index (Phi) is 4.63. The molecule has 1 aromatic carbocycles. The van der Waals surface area contributed by atoms with Crippen LogP contribution in [0.4, 0.5) is 5.69 Å². The first kappa shape index (κ1) is 13.3. The van der Waals surface area contributed by atoms with E-state index < -0.39 is 0 Å². The highest BCUT2D eigenvalue weighted by molar-refractivity contribution is 6.31. The molecule has 0 heterocycles. The van der Waals surface area contributed by atoms with Gasteiger partial charge in [0.2, 0.25) is 0 Å². The average molecular weight is 241 g/mol. The van der Waals surface area contributed by atoms with Crippen molar-refractivity contribution in [3.05, 3.63) is 28.8 Å². The van der Waals surface area contributed by atoms with E-state index in [0.29, 0.717) is 0 Å². The number of halogens is 1. The van der Waals surface area contributed by atoms with E-state index in [1.807, 2.05) is 19.1 Å². The maximum atomic E-state index is 6.06. The lowest BCUT2D eigenvalue weighted by Crippen LogP contribution is -2.26. The fourth-order valence-electron chi connectivity index (χ4n) is 1.52. The van der Waals surface area contributed by atoms with E-state index >= 15 is 0 Å². The van der Waals surface area contributed by atoms with Gasteiger partial charge in [-0.2, -0.15) is 0 Å². The summed E-state index contributed by atoms with van der Waals surface area (Å²) in [5.41, 5.74) is 7.97. The van der Waals surface area contributed by atoms with Crippen LogP contribution < -0.4 is 11.1 Å². The third-order valence-electron chi connectivity index (χ3n) is 2.76. The molecule has 0 atom stereocenters. The first-order chi connectivity index (χ1) is 7.44. The molecule has 1 aromatic rings. The van der Waals surface area contributed by atoms with Gasteiger partial charge in [-0.25, -0.2) is 0 Å². The Morgan fingerprint density at radius 2 is 2.06 bits per heavy atom. The van der Waals surface area contributed by atoms with E-state index in [1.54, 1.807) is 0 Å². The van der Waals surface area contributed by atoms with Crippen LogP contribution in [0.25, 0.3) is 0 Å². The normalized spacial score (nSPS) is 11.6. The Bertz CT molecular complexity index is 348. The van der Waals surface area contributed by atoms with Crippen molar-refractivity contribution in [3.8, 4) is 0 Å². The van der Waals surface area contributed by atoms with E-state index in [0.717, 1.165) is 35.8 Å². The predicted molar refractivity (Wildman–Crippen MR) is 72.1 cm³/mol. The summed E-state index contributed by atoms with van der Waals surface area (Å²) >= 11 is 6.06. The van der Waals surface area contributed by atoms with Crippen LogP contribution in [0, 0.1) is 12.3 Å². The molecule has 0 aliphatic rings. The molecule has 90 valence electrons. The molecular weight excluding hydrogens is 220 g/mol. The molecule has 0 aromatic heterocycles. The quantitative estimate of drug-likeness (QED) is 0.828. The van der Waals surface area contributed by atoms with Crippen molar-refractivity contribution >= 4 is 17.3 Å². The Morgan fingerprint density at radius 1 is 1.38 bits per heavy atom. The molecule has 16 heavy (non-hydrogen) atoms. The third kappa shape index (κ3) is 4.03. The van der Waals surface area contributed by atoms with Crippen LogP contribution >= 0.6 is 11.6 Å². The summed E-state index contributed by atoms with van der Waals surface area (Å²) in [6, 6.07) is 6.05. The highest BCUT2D eigenvalue weighted by Crippen LogP contribution is 2.23. The summed E-state index contributed by atoms with van der Waals surface area (Å²) in [7, 11) is 0. The van der Waals surface area contributed by atoms with Gasteiger partial charge >= 0.3 is 0 Å². The lowest BCUT2D eigenvalue weighted by atomic mass is 9.89. The monoisotopic (exact) mass is 240 g/mol. The molecule has 0 unspecified atom stereocenters. The zero-order valence-corrected chi connectivity index (χ0v) is 11.1. The molecule has 0 saturated carbocycles. The molecule has 0 saturated heterocycles. The summed E-state index contributed by atoms with van der Waals surface area (Å²) in [6.07, 6.45) is 1.01. The van der Waals surface area contributed by atoms with Gasteiger partial charge in [0.15, 0.2) is 0 Å². The molecule has 3 heteroatoms. The Morgan fingerprint density at radius 3 is 2.62 bits per heavy atom. The number of hydrogen-bond donors (Lipinski definition) is 2. The second-order valence-corrected chi connectivity index (χ2v) is 5.43. The summed E-state index contributed by atoms with van der Waals surface area (Å²) in [5, 5.41) is 4.20. The van der Waals surface area contributed by atoms with E-state index in [4.69, 9.17) is 17.3 Å². The number of rotatable bonds is 5. The summed E-state index contributed by atoms with van der Waals surface area (Å²) in [5.74, 6) is 0. The van der Waals surface area contributed by atoms with Gasteiger partial charge in [-0.3, -0.25) is 0 Å². The SMILES string of the molecule is Cc1ccc(NCC(C)(C)CCN)cc1Cl. The van der Waals surface area contributed by atoms with Crippen molar-refractivity contribution in [2.45, 2.75) is 27.2 Å². The van der Waals surface area contributed by atoms with Crippen LogP contribution in [-0.4, -0.2) is 13.1 Å². The Labute approximate surface area is 103 Å². The van der Waals surface area contributed by atoms with Crippen molar-refractivity contribution in [2.75, 3.05) is 18.4 Å². The van der Waals surface area contributed by atoms with Gasteiger partial charge in [-0.15, -0.1) is 0 Å². The van der Waals surface area contributed by atoms with E-state index in [1.165, 1.54) is 0 Å². The zero-order chi connectivity index (χ0) is 12.2. The zero-order valence-electron chi connectivity index (χ0n) is 10.3. The molecule has 2 nitrogen and oxygen atoms in total. The highest BCUT2D eigenvalue weighted by Gasteiger charge is 2.16. The summed E-state index contributed by atoms with van der Waals surface area (Å²) in [4.78, 5) is 0. The molecular formula is C13H21ClN2. The Balaban J connectivity index is 2.57. The van der Waals surface area contributed by atoms with Gasteiger partial charge in [0.1, 0.15) is 0 Å². The van der Waals surface area contributed by atoms with Gasteiger partial charge in [0.05, 0.1) is 0 Å². The van der Waals surface area contributed by atoms with Gasteiger partial charge < -0.3 is 11.1 Å². The molecule has 0 aliphatic heterocycles. The summed E-state index contributed by atoms with van der Waals surface area (Å²) in [6.45, 7) is 8.06. The Hall–Kier alpha value is -0.730. The number of nitrogens with one attached hydrogen (secondary N) is 1. The van der Waals surface area contributed by atoms with Crippen LogP contribution in [-0.2, 0) is 0 Å². The number of nitrogens with two attached hydrogens (primary N) is 1. The maximum absolute atomic E-state index is 6.06. The molecule has 3 N–H and O–H groups in total. The van der Waals surface area contributed by atoms with E-state index in [-0.39, 0.29) is 5.41 Å². The van der Waals surface area contributed by atoms with Crippen molar-refractivity contribution in [1.29, 1.82) is 0 Å². The van der Waals surface area contributed by atoms with Gasteiger partial charge in [0.25, 0.3) is 0 Å². The lowest BCUT2D eigenvalue weighted by molar-refractivity contribution is 0.365. The largest absolute Gasteiger partial charge is 0.384 e. The summed E-state index contributed by atoms with van der Waals surface area (Å²) < 4.78 is 0. The van der Waals surface area contributed by atoms with E-state index in [2.05, 4.69) is 25.2 Å². The smallest absolute Gasteiger partial charge is 0.0455 e. The maximum Gasteiger partial charge on any atom is 0.0455 e. The molecule has 0 fully saturated rings. The van der Waals surface area contributed by atoms with Crippen molar-refractivity contribution in [2.24, 2.45) is 11.1 Å². The second kappa shape index (κ2) is 5.55. The van der Waals surface area contributed by atoms with Gasteiger partial charge in [-0.1, -0.05) is 31.5 Å². The van der Waals surface area contributed by atoms with E-state index in [9.17, 15) is 0 Å². The second-order valence-electron chi connectivity index (χ2n) is 5.02. The van der Waals surface area contributed by atoms with Crippen molar-refractivity contribution in [1.82, 2.24) is 0 Å². The minimum absolute atomic E-state index is 0.214. The number of aryl methyl sites for hydroxylation is 1. The molecule has 0 aliphatic carbocycles. The van der Waals surface area contributed by atoms with Crippen LogP contribution in [0.2, 0.25) is 5.02 Å². The molecule has 0 amide bonds. The van der Waals surface area contributed by atoms with Crippen LogP contribution in [0.15, 0.2) is 18.2 Å². The van der Waals surface area contributed by atoms with Crippen molar-refractivity contribution < 1.29 is 0 Å². The minimum atomic E-state index is 0.214. The predicted octanol–water partition coefficient (Wildman–Crippen LogP) is 3.44. The minimum Gasteiger partial charge on any atom is -0.384 e. The lowest BCUT2D eigenvalue weighted by Gasteiger charge is -2.24. The fraction of sp³-hybridized carbons (Fsp3) is 0.538. The molecule has 0 bridgehead atoms. The van der Waals surface area contributed by atoms with Crippen LogP contribution in [0.5, 0.6) is 0 Å². The molecule has 1 rings (SSSR count). The van der Waals surface area contributed by atoms with Gasteiger partial charge in [-0.05, 0) is 43.0 Å². The number of hydrogen-bond acceptors (Lipinski definition) is 2. The fourth-order valence-corrected chi connectivity index (χ4v) is 1.70. The topological polar surface area (TPSA) is 38.0 Å². The molecule has 0 spiro atoms. The van der Waals surface area contributed by atoms with Crippen LogP contribution in [0.3, 0.4) is 0 Å². The number of anilines is 1. The van der Waals surface area contributed by atoms with Gasteiger partial charge in [0, 0.05) is 17.3 Å². The first-order valence-electron chi connectivity index (χ1n) is 5.65. The third-order valence-corrected chi connectivity index (χ3v) is 3.17. The highest BCUT2D eigenvalue weighted by atomic mass is 35.5. The molecule has 0 radical (unpaired) electrons. The van der Waals surface area contributed by atoms with Crippen molar-refractivity contribution in [3.63, 3.8) is 0 Å². The number of benzene rings is 1.